The molecule has 47 heavy (non-hydrogen) atoms. The van der Waals surface area contributed by atoms with Crippen LogP contribution in [0, 0.1) is 36.5 Å². The summed E-state index contributed by atoms with van der Waals surface area (Å²) in [6.07, 6.45) is -4.11. The van der Waals surface area contributed by atoms with Gasteiger partial charge in [-0.25, -0.2) is 4.90 Å². The van der Waals surface area contributed by atoms with Crippen LogP contribution in [0.3, 0.4) is 0 Å². The number of methoxy groups -OCH3 is 1. The van der Waals surface area contributed by atoms with E-state index in [1.54, 1.807) is 7.11 Å². The number of hydrogen-bond donors (Lipinski definition) is 1. The van der Waals surface area contributed by atoms with Crippen LogP contribution in [0.15, 0.2) is 76.6 Å². The Bertz CT molecular complexity index is 1990. The van der Waals surface area contributed by atoms with E-state index in [9.17, 15) is 27.6 Å². The largest absolute Gasteiger partial charge is 0.493 e. The number of H-pyrrole nitrogens is 1. The average molecular weight is 679 g/mol. The van der Waals surface area contributed by atoms with Crippen molar-refractivity contribution in [3.63, 3.8) is 0 Å². The first-order valence-corrected chi connectivity index (χ1v) is 17.1. The van der Waals surface area contributed by atoms with Crippen LogP contribution < -0.4 is 19.2 Å². The molecule has 12 heteroatoms. The predicted molar refractivity (Wildman–Crippen MR) is 171 cm³/mol. The summed E-state index contributed by atoms with van der Waals surface area (Å²) in [7, 11) is 1.57. The van der Waals surface area contributed by atoms with Crippen molar-refractivity contribution < 1.29 is 32.2 Å². The number of imide groups is 1. The Hall–Kier alpha value is -4.03. The molecule has 3 heterocycles. The highest BCUT2D eigenvalue weighted by Crippen LogP contribution is 2.69. The van der Waals surface area contributed by atoms with Gasteiger partial charge in [-0.1, -0.05) is 53.8 Å². The highest BCUT2D eigenvalue weighted by atomic mass is 32.2. The fraction of sp³-hybridized carbons (Fsp3) is 0.343. The van der Waals surface area contributed by atoms with Crippen LogP contribution in [-0.4, -0.2) is 29.2 Å². The summed E-state index contributed by atoms with van der Waals surface area (Å²) in [5.74, 6) is -2.37. The summed E-state index contributed by atoms with van der Waals surface area (Å²) >= 11 is 2.66. The topological polar surface area (TPSA) is 88.7 Å². The van der Waals surface area contributed by atoms with Crippen LogP contribution in [-0.2, 0) is 22.4 Å². The smallest absolute Gasteiger partial charge is 0.418 e. The number of ether oxygens (including phenoxy) is 2. The average Bonchev–Trinajstić information content (AvgIpc) is 3.79. The number of hydrogen-bond acceptors (Lipinski definition) is 7. The molecule has 4 aromatic rings. The van der Waals surface area contributed by atoms with E-state index in [2.05, 4.69) is 4.98 Å². The summed E-state index contributed by atoms with van der Waals surface area (Å²) in [6.45, 7) is 2.38. The van der Waals surface area contributed by atoms with E-state index in [-0.39, 0.29) is 33.8 Å². The number of benzene rings is 3. The van der Waals surface area contributed by atoms with Crippen LogP contribution in [0.1, 0.15) is 39.5 Å². The molecule has 1 aromatic heterocycles. The molecule has 1 saturated heterocycles. The highest BCUT2D eigenvalue weighted by molar-refractivity contribution is 8.00. The molecule has 6 unspecified atom stereocenters. The third-order valence-corrected chi connectivity index (χ3v) is 13.0. The second kappa shape index (κ2) is 11.0. The first-order valence-electron chi connectivity index (χ1n) is 15.4. The molecule has 7 nitrogen and oxygen atoms in total. The molecule has 8 rings (SSSR count). The Morgan fingerprint density at radius 2 is 1.66 bits per heavy atom. The standard InChI is InChI=1S/C35H29F3N2O5S2/c1-16-7-3-4-8-18(16)15-45-23-12-11-17(13-24(23)44-2)25-26-19-14-20(29(26)46-31-30(25)47-34(43)39-31)28-27(19)32(41)40(33(28)42)22-10-6-5-9-21(22)35(36,37)38/h3-13,19-20,25-29H,14-15H2,1-2H3,(H,39,43)/t19?,20?,25-,26?,27?,28?,29?/m1/s1. The zero-order chi connectivity index (χ0) is 32.8. The van der Waals surface area contributed by atoms with Gasteiger partial charge in [-0.2, -0.15) is 13.2 Å². The predicted octanol–water partition coefficient (Wildman–Crippen LogP) is 7.03. The number of aryl methyl sites for hydroxylation is 1. The van der Waals surface area contributed by atoms with Crippen LogP contribution in [0.25, 0.3) is 0 Å². The molecular weight excluding hydrogens is 650 g/mol. The Balaban J connectivity index is 1.16. The molecule has 2 aliphatic carbocycles. The number of rotatable bonds is 6. The molecule has 0 radical (unpaired) electrons. The monoisotopic (exact) mass is 678 g/mol. The summed E-state index contributed by atoms with van der Waals surface area (Å²) in [6, 6.07) is 18.4. The number of amides is 2. The Labute approximate surface area is 276 Å². The molecule has 1 N–H and O–H groups in total. The minimum absolute atomic E-state index is 0.110. The van der Waals surface area contributed by atoms with Gasteiger partial charge in [0.05, 0.1) is 35.2 Å². The van der Waals surface area contributed by atoms with Crippen LogP contribution in [0.5, 0.6) is 11.5 Å². The molecule has 3 fully saturated rings. The van der Waals surface area contributed by atoms with E-state index >= 15 is 0 Å². The molecule has 242 valence electrons. The highest BCUT2D eigenvalue weighted by Gasteiger charge is 2.70. The fourth-order valence-electron chi connectivity index (χ4n) is 8.46. The molecule has 3 aromatic carbocycles. The SMILES string of the molecule is COc1cc([C@H]2c3sc(=O)[nH]c3SC3C4CC(C5C(=O)N(c6ccccc6C(F)(F)F)C(=O)C45)C32)ccc1OCc1ccccc1C. The summed E-state index contributed by atoms with van der Waals surface area (Å²) in [5, 5.41) is 0.631. The summed E-state index contributed by atoms with van der Waals surface area (Å²) in [5.41, 5.74) is 1.63. The zero-order valence-corrected chi connectivity index (χ0v) is 26.9. The van der Waals surface area contributed by atoms with E-state index in [1.807, 2.05) is 49.4 Å². The Morgan fingerprint density at radius 1 is 0.936 bits per heavy atom. The molecule has 2 saturated carbocycles. The number of aromatic nitrogens is 1. The molecule has 2 aliphatic heterocycles. The van der Waals surface area contributed by atoms with Gasteiger partial charge in [0.2, 0.25) is 11.8 Å². The third kappa shape index (κ3) is 4.66. The van der Waals surface area contributed by atoms with E-state index in [1.165, 1.54) is 30.0 Å². The lowest BCUT2D eigenvalue weighted by Gasteiger charge is -2.43. The lowest BCUT2D eigenvalue weighted by molar-refractivity contribution is -0.137. The normalized spacial score (nSPS) is 27.5. The van der Waals surface area contributed by atoms with Gasteiger partial charge < -0.3 is 14.5 Å². The molecule has 2 amide bonds. The summed E-state index contributed by atoms with van der Waals surface area (Å²) < 4.78 is 53.9. The zero-order valence-electron chi connectivity index (χ0n) is 25.2. The van der Waals surface area contributed by atoms with Gasteiger partial charge in [0, 0.05) is 16.0 Å². The quantitative estimate of drug-likeness (QED) is 0.221. The van der Waals surface area contributed by atoms with Crippen molar-refractivity contribution in [3.8, 4) is 11.5 Å². The van der Waals surface area contributed by atoms with Crippen molar-refractivity contribution >= 4 is 40.6 Å². The van der Waals surface area contributed by atoms with Crippen molar-refractivity contribution in [2.24, 2.45) is 29.6 Å². The van der Waals surface area contributed by atoms with Gasteiger partial charge in [-0.3, -0.25) is 14.4 Å². The number of thiazole rings is 1. The molecule has 4 aliphatic rings. The number of carbonyl (C=O) groups is 2. The number of aromatic amines is 1. The molecule has 0 spiro atoms. The van der Waals surface area contributed by atoms with Gasteiger partial charge in [0.1, 0.15) is 6.61 Å². The van der Waals surface area contributed by atoms with Gasteiger partial charge in [0.15, 0.2) is 11.5 Å². The molecule has 7 atom stereocenters. The number of alkyl halides is 3. The first-order chi connectivity index (χ1) is 22.6. The van der Waals surface area contributed by atoms with E-state index in [4.69, 9.17) is 9.47 Å². The molecule has 2 bridgehead atoms. The van der Waals surface area contributed by atoms with Crippen molar-refractivity contribution in [2.75, 3.05) is 12.0 Å². The second-order valence-corrected chi connectivity index (χ2v) is 14.8. The lowest BCUT2D eigenvalue weighted by atomic mass is 9.68. The van der Waals surface area contributed by atoms with E-state index in [0.717, 1.165) is 48.9 Å². The van der Waals surface area contributed by atoms with Crippen LogP contribution in [0.2, 0.25) is 0 Å². The number of nitrogens with one attached hydrogen (secondary N) is 1. The molecular formula is C35H29F3N2O5S2. The van der Waals surface area contributed by atoms with Gasteiger partial charge in [-0.05, 0) is 72.1 Å². The van der Waals surface area contributed by atoms with Gasteiger partial charge in [0.25, 0.3) is 0 Å². The number of anilines is 1. The number of thioether (sulfide) groups is 1. The minimum Gasteiger partial charge on any atom is -0.493 e. The van der Waals surface area contributed by atoms with Gasteiger partial charge >= 0.3 is 11.0 Å². The maximum atomic E-state index is 14.0. The van der Waals surface area contributed by atoms with Crippen LogP contribution in [0.4, 0.5) is 18.9 Å². The maximum absolute atomic E-state index is 14.0. The maximum Gasteiger partial charge on any atom is 0.418 e. The number of nitrogens with zero attached hydrogens (tertiary/aromatic N) is 1. The van der Waals surface area contributed by atoms with E-state index in [0.29, 0.717) is 24.5 Å². The number of carbonyl (C=O) groups excluding carboxylic acids is 2. The van der Waals surface area contributed by atoms with Crippen molar-refractivity contribution in [2.45, 2.75) is 42.3 Å². The van der Waals surface area contributed by atoms with Crippen molar-refractivity contribution in [3.05, 3.63) is 104 Å². The second-order valence-electron chi connectivity index (χ2n) is 12.6. The number of para-hydroxylation sites is 1. The van der Waals surface area contributed by atoms with Crippen molar-refractivity contribution in [1.29, 1.82) is 0 Å². The fourth-order valence-corrected chi connectivity index (χ4v) is 11.3. The van der Waals surface area contributed by atoms with Crippen LogP contribution >= 0.6 is 23.1 Å². The van der Waals surface area contributed by atoms with E-state index < -0.39 is 41.1 Å². The Morgan fingerprint density at radius 3 is 2.40 bits per heavy atom. The lowest BCUT2D eigenvalue weighted by Crippen LogP contribution is -2.42. The minimum atomic E-state index is -4.72. The summed E-state index contributed by atoms with van der Waals surface area (Å²) in [4.78, 5) is 45.0. The third-order valence-electron chi connectivity index (χ3n) is 10.4. The number of fused-ring (bicyclic) bond motifs is 9. The number of halogens is 3. The Kier molecular flexibility index (Phi) is 7.10. The van der Waals surface area contributed by atoms with Crippen molar-refractivity contribution in [1.82, 2.24) is 4.98 Å². The first kappa shape index (κ1) is 30.3. The van der Waals surface area contributed by atoms with Gasteiger partial charge in [-0.15, -0.1) is 11.8 Å².